The van der Waals surface area contributed by atoms with Crippen molar-refractivity contribution in [3.63, 3.8) is 0 Å². The Hall–Kier alpha value is -1.09. The van der Waals surface area contributed by atoms with Crippen LogP contribution in [0.4, 0.5) is 5.82 Å². The quantitative estimate of drug-likeness (QED) is 0.842. The van der Waals surface area contributed by atoms with Crippen LogP contribution in [0, 0.1) is 6.92 Å². The van der Waals surface area contributed by atoms with Crippen LogP contribution in [0.5, 0.6) is 0 Å². The second-order valence-corrected chi connectivity index (χ2v) is 4.99. The Morgan fingerprint density at radius 1 is 1.44 bits per heavy atom. The molecule has 1 aliphatic rings. The van der Waals surface area contributed by atoms with Crippen molar-refractivity contribution in [2.75, 3.05) is 26.0 Å². The van der Waals surface area contributed by atoms with Gasteiger partial charge in [0.2, 0.25) is 0 Å². The number of aryl methyl sites for hydroxylation is 1. The van der Waals surface area contributed by atoms with Gasteiger partial charge >= 0.3 is 0 Å². The molecule has 0 radical (unpaired) electrons. The molecule has 0 unspecified atom stereocenters. The molecule has 1 N–H and O–H groups in total. The third kappa shape index (κ3) is 2.05. The van der Waals surface area contributed by atoms with Crippen LogP contribution in [0.3, 0.4) is 0 Å². The van der Waals surface area contributed by atoms with Crippen molar-refractivity contribution in [2.24, 2.45) is 0 Å². The van der Waals surface area contributed by atoms with Crippen molar-refractivity contribution in [2.45, 2.75) is 31.7 Å². The fourth-order valence-electron chi connectivity index (χ4n) is 2.29. The van der Waals surface area contributed by atoms with Gasteiger partial charge in [-0.15, -0.1) is 0 Å². The van der Waals surface area contributed by atoms with Crippen molar-refractivity contribution < 1.29 is 0 Å². The maximum Gasteiger partial charge on any atom is 0.128 e. The number of nitrogens with one attached hydrogen (secondary N) is 1. The summed E-state index contributed by atoms with van der Waals surface area (Å²) >= 11 is 0. The minimum absolute atomic E-state index is 0.351. The summed E-state index contributed by atoms with van der Waals surface area (Å²) in [7, 11) is 4.35. The molecule has 0 bridgehead atoms. The Kier molecular flexibility index (Phi) is 3.15. The number of hydrogen-bond donors (Lipinski definition) is 1. The summed E-state index contributed by atoms with van der Waals surface area (Å²) in [5, 5.41) is 3.48. The number of hydrogen-bond acceptors (Lipinski definition) is 3. The van der Waals surface area contributed by atoms with E-state index in [9.17, 15) is 0 Å². The SMILES string of the molecule is Cc1cccnc1NCC1(N(C)C)CCC1. The monoisotopic (exact) mass is 219 g/mol. The first kappa shape index (κ1) is 11.4. The van der Waals surface area contributed by atoms with Gasteiger partial charge in [0.05, 0.1) is 0 Å². The second-order valence-electron chi connectivity index (χ2n) is 4.99. The van der Waals surface area contributed by atoms with Crippen molar-refractivity contribution in [1.29, 1.82) is 0 Å². The third-order valence-corrected chi connectivity index (χ3v) is 3.83. The molecule has 1 aromatic rings. The molecule has 1 aliphatic carbocycles. The Bertz CT molecular complexity index is 356. The zero-order valence-corrected chi connectivity index (χ0v) is 10.5. The second kappa shape index (κ2) is 4.42. The zero-order chi connectivity index (χ0) is 11.6. The first-order chi connectivity index (χ1) is 7.64. The van der Waals surface area contributed by atoms with Gasteiger partial charge in [-0.1, -0.05) is 6.07 Å². The van der Waals surface area contributed by atoms with Crippen LogP contribution >= 0.6 is 0 Å². The third-order valence-electron chi connectivity index (χ3n) is 3.83. The average Bonchev–Trinajstić information content (AvgIpc) is 2.18. The highest BCUT2D eigenvalue weighted by atomic mass is 15.2. The van der Waals surface area contributed by atoms with E-state index in [1.807, 2.05) is 12.3 Å². The molecule has 1 saturated carbocycles. The van der Waals surface area contributed by atoms with Gasteiger partial charge in [0.25, 0.3) is 0 Å². The van der Waals surface area contributed by atoms with Gasteiger partial charge < -0.3 is 10.2 Å². The number of nitrogens with zero attached hydrogens (tertiary/aromatic N) is 2. The summed E-state index contributed by atoms with van der Waals surface area (Å²) in [5.74, 6) is 1.02. The summed E-state index contributed by atoms with van der Waals surface area (Å²) in [6, 6.07) is 4.07. The van der Waals surface area contributed by atoms with E-state index in [0.29, 0.717) is 5.54 Å². The van der Waals surface area contributed by atoms with E-state index in [1.54, 1.807) is 0 Å². The first-order valence-electron chi connectivity index (χ1n) is 5.97. The lowest BCUT2D eigenvalue weighted by Gasteiger charge is -2.47. The molecule has 0 saturated heterocycles. The molecule has 0 atom stereocenters. The van der Waals surface area contributed by atoms with E-state index in [-0.39, 0.29) is 0 Å². The fraction of sp³-hybridized carbons (Fsp3) is 0.615. The highest BCUT2D eigenvalue weighted by Gasteiger charge is 2.38. The lowest BCUT2D eigenvalue weighted by atomic mass is 9.75. The number of anilines is 1. The minimum Gasteiger partial charge on any atom is -0.368 e. The van der Waals surface area contributed by atoms with Gasteiger partial charge in [-0.25, -0.2) is 4.98 Å². The summed E-state index contributed by atoms with van der Waals surface area (Å²) in [6.07, 6.45) is 5.78. The standard InChI is InChI=1S/C13H21N3/c1-11-6-4-9-14-12(11)15-10-13(16(2)3)7-5-8-13/h4,6,9H,5,7-8,10H2,1-3H3,(H,14,15). The highest BCUT2D eigenvalue weighted by molar-refractivity contribution is 5.43. The molecule has 2 rings (SSSR count). The van der Waals surface area contributed by atoms with Crippen LogP contribution in [0.15, 0.2) is 18.3 Å². The highest BCUT2D eigenvalue weighted by Crippen LogP contribution is 2.36. The van der Waals surface area contributed by atoms with Gasteiger partial charge in [0, 0.05) is 18.3 Å². The van der Waals surface area contributed by atoms with E-state index in [4.69, 9.17) is 0 Å². The largest absolute Gasteiger partial charge is 0.368 e. The van der Waals surface area contributed by atoms with Crippen LogP contribution in [0.2, 0.25) is 0 Å². The Morgan fingerprint density at radius 2 is 2.19 bits per heavy atom. The van der Waals surface area contributed by atoms with Crippen LogP contribution in [-0.2, 0) is 0 Å². The molecule has 0 aliphatic heterocycles. The lowest BCUT2D eigenvalue weighted by Crippen LogP contribution is -2.54. The molecule has 1 fully saturated rings. The Labute approximate surface area is 97.9 Å². The fourth-order valence-corrected chi connectivity index (χ4v) is 2.29. The molecular formula is C13H21N3. The predicted molar refractivity (Wildman–Crippen MR) is 67.7 cm³/mol. The molecule has 88 valence electrons. The first-order valence-corrected chi connectivity index (χ1v) is 5.97. The summed E-state index contributed by atoms with van der Waals surface area (Å²) < 4.78 is 0. The van der Waals surface area contributed by atoms with Crippen molar-refractivity contribution >= 4 is 5.82 Å². The molecular weight excluding hydrogens is 198 g/mol. The Balaban J connectivity index is 1.99. The maximum atomic E-state index is 4.37. The molecule has 16 heavy (non-hydrogen) atoms. The smallest absolute Gasteiger partial charge is 0.128 e. The number of aromatic nitrogens is 1. The van der Waals surface area contributed by atoms with Gasteiger partial charge in [0.15, 0.2) is 0 Å². The number of likely N-dealkylation sites (N-methyl/N-ethyl adjacent to an activating group) is 1. The lowest BCUT2D eigenvalue weighted by molar-refractivity contribution is 0.0738. The minimum atomic E-state index is 0.351. The molecule has 0 amide bonds. The zero-order valence-electron chi connectivity index (χ0n) is 10.5. The number of pyridine rings is 1. The molecule has 0 spiro atoms. The molecule has 3 nitrogen and oxygen atoms in total. The molecule has 0 aromatic carbocycles. The van der Waals surface area contributed by atoms with Gasteiger partial charge in [0.1, 0.15) is 5.82 Å². The van der Waals surface area contributed by atoms with Crippen molar-refractivity contribution in [3.8, 4) is 0 Å². The predicted octanol–water partition coefficient (Wildman–Crippen LogP) is 2.29. The van der Waals surface area contributed by atoms with Crippen LogP contribution in [0.1, 0.15) is 24.8 Å². The summed E-state index contributed by atoms with van der Waals surface area (Å²) in [6.45, 7) is 3.09. The summed E-state index contributed by atoms with van der Waals surface area (Å²) in [4.78, 5) is 6.72. The Morgan fingerprint density at radius 3 is 2.69 bits per heavy atom. The van der Waals surface area contributed by atoms with E-state index in [1.165, 1.54) is 24.8 Å². The average molecular weight is 219 g/mol. The molecule has 3 heteroatoms. The van der Waals surface area contributed by atoms with Crippen molar-refractivity contribution in [3.05, 3.63) is 23.9 Å². The van der Waals surface area contributed by atoms with Crippen molar-refractivity contribution in [1.82, 2.24) is 9.88 Å². The van der Waals surface area contributed by atoms with Gasteiger partial charge in [-0.3, -0.25) is 0 Å². The van der Waals surface area contributed by atoms with Crippen LogP contribution < -0.4 is 5.32 Å². The summed E-state index contributed by atoms with van der Waals surface area (Å²) in [5.41, 5.74) is 1.57. The van der Waals surface area contributed by atoms with E-state index in [2.05, 4.69) is 42.3 Å². The van der Waals surface area contributed by atoms with Crippen LogP contribution in [-0.4, -0.2) is 36.1 Å². The normalized spacial score (nSPS) is 18.2. The van der Waals surface area contributed by atoms with E-state index >= 15 is 0 Å². The van der Waals surface area contributed by atoms with E-state index < -0.39 is 0 Å². The molecule has 1 heterocycles. The topological polar surface area (TPSA) is 28.2 Å². The van der Waals surface area contributed by atoms with E-state index in [0.717, 1.165) is 12.4 Å². The van der Waals surface area contributed by atoms with Gasteiger partial charge in [-0.2, -0.15) is 0 Å². The maximum absolute atomic E-state index is 4.37. The van der Waals surface area contributed by atoms with Gasteiger partial charge in [-0.05, 0) is 51.9 Å². The molecule has 1 aromatic heterocycles. The number of rotatable bonds is 4. The van der Waals surface area contributed by atoms with Crippen LogP contribution in [0.25, 0.3) is 0 Å².